The average molecular weight is 335 g/mol. The molecule has 7 nitrogen and oxygen atoms in total. The molecule has 0 amide bonds. The number of rotatable bonds is 2. The lowest BCUT2D eigenvalue weighted by Gasteiger charge is -2.12. The Bertz CT molecular complexity index is 1060. The van der Waals surface area contributed by atoms with Gasteiger partial charge in [-0.3, -0.25) is 19.7 Å². The monoisotopic (exact) mass is 335 g/mol. The van der Waals surface area contributed by atoms with Gasteiger partial charge in [0.2, 0.25) is 11.8 Å². The molecular formula is C18H13N3O4. The third kappa shape index (κ3) is 1.67. The van der Waals surface area contributed by atoms with Crippen LogP contribution in [0.1, 0.15) is 29.4 Å². The minimum atomic E-state index is -0.453. The van der Waals surface area contributed by atoms with Crippen molar-refractivity contribution >= 4 is 16.5 Å². The number of aromatic hydroxyl groups is 2. The molecule has 2 bridgehead atoms. The van der Waals surface area contributed by atoms with Gasteiger partial charge in [-0.1, -0.05) is 12.2 Å². The molecule has 1 aromatic carbocycles. The van der Waals surface area contributed by atoms with Gasteiger partial charge in [0.05, 0.1) is 16.0 Å². The Kier molecular flexibility index (Phi) is 2.58. The van der Waals surface area contributed by atoms with Gasteiger partial charge in [-0.15, -0.1) is 0 Å². The molecule has 0 unspecified atom stereocenters. The zero-order valence-electron chi connectivity index (χ0n) is 13.0. The van der Waals surface area contributed by atoms with E-state index in [0.717, 1.165) is 17.5 Å². The molecule has 2 N–H and O–H groups in total. The third-order valence-electron chi connectivity index (χ3n) is 5.23. The van der Waals surface area contributed by atoms with Gasteiger partial charge < -0.3 is 10.2 Å². The fourth-order valence-corrected chi connectivity index (χ4v) is 4.18. The fraction of sp³-hybridized carbons (Fsp3) is 0.167. The predicted molar refractivity (Wildman–Crippen MR) is 90.3 cm³/mol. The number of hydrogen-bond donors (Lipinski definition) is 2. The summed E-state index contributed by atoms with van der Waals surface area (Å²) in [5.74, 6) is 0.191. The summed E-state index contributed by atoms with van der Waals surface area (Å²) in [5.41, 5.74) is 1.93. The van der Waals surface area contributed by atoms with Crippen LogP contribution in [-0.2, 0) is 0 Å². The number of benzene rings is 1. The van der Waals surface area contributed by atoms with E-state index in [1.165, 1.54) is 29.1 Å². The van der Waals surface area contributed by atoms with Crippen molar-refractivity contribution in [2.45, 2.75) is 18.3 Å². The number of non-ortho nitro benzene ring substituents is 1. The van der Waals surface area contributed by atoms with Crippen LogP contribution in [0.3, 0.4) is 0 Å². The smallest absolute Gasteiger partial charge is 0.277 e. The number of fused-ring (bicyclic) bond motifs is 6. The van der Waals surface area contributed by atoms with Gasteiger partial charge in [-0.25, -0.2) is 0 Å². The van der Waals surface area contributed by atoms with Gasteiger partial charge in [0.1, 0.15) is 0 Å². The first-order valence-corrected chi connectivity index (χ1v) is 7.94. The van der Waals surface area contributed by atoms with Crippen LogP contribution in [0.4, 0.5) is 5.69 Å². The quantitative estimate of drug-likeness (QED) is 0.424. The van der Waals surface area contributed by atoms with Gasteiger partial charge in [0.25, 0.3) is 5.69 Å². The molecular weight excluding hydrogens is 322 g/mol. The average Bonchev–Trinajstić information content (AvgIpc) is 3.28. The maximum atomic E-state index is 11.3. The van der Waals surface area contributed by atoms with Crippen LogP contribution in [0.25, 0.3) is 16.5 Å². The molecule has 2 heterocycles. The van der Waals surface area contributed by atoms with Crippen LogP contribution in [0.2, 0.25) is 0 Å². The maximum Gasteiger partial charge on any atom is 0.277 e. The lowest BCUT2D eigenvalue weighted by molar-refractivity contribution is -0.383. The minimum absolute atomic E-state index is 0.0108. The molecule has 0 saturated carbocycles. The molecule has 2 aliphatic carbocycles. The highest BCUT2D eigenvalue weighted by Crippen LogP contribution is 2.57. The lowest BCUT2D eigenvalue weighted by atomic mass is 10.0. The molecule has 5 rings (SSSR count). The van der Waals surface area contributed by atoms with E-state index in [-0.39, 0.29) is 29.3 Å². The normalized spacial score (nSPS) is 20.3. The second-order valence-corrected chi connectivity index (χ2v) is 6.43. The lowest BCUT2D eigenvalue weighted by Crippen LogP contribution is -1.99. The number of nitro groups is 1. The molecule has 0 fully saturated rings. The van der Waals surface area contributed by atoms with Crippen molar-refractivity contribution in [1.82, 2.24) is 9.55 Å². The van der Waals surface area contributed by atoms with Gasteiger partial charge >= 0.3 is 0 Å². The fourth-order valence-electron chi connectivity index (χ4n) is 4.18. The van der Waals surface area contributed by atoms with Crippen molar-refractivity contribution < 1.29 is 15.1 Å². The zero-order chi connectivity index (χ0) is 17.3. The summed E-state index contributed by atoms with van der Waals surface area (Å²) >= 11 is 0. The van der Waals surface area contributed by atoms with E-state index in [0.29, 0.717) is 16.5 Å². The summed E-state index contributed by atoms with van der Waals surface area (Å²) in [6.07, 6.45) is 7.96. The number of nitro benzene ring substituents is 1. The van der Waals surface area contributed by atoms with E-state index in [9.17, 15) is 20.3 Å². The number of pyridine rings is 1. The van der Waals surface area contributed by atoms with E-state index in [2.05, 4.69) is 4.98 Å². The SMILES string of the molecule is O=[N+]([O-])c1ccc(-n2c(O)c3c(c2O)[C@H]2C=C[C@@H]3C2)c2cnccc12. The molecule has 124 valence electrons. The molecule has 7 heteroatoms. The van der Waals surface area contributed by atoms with Crippen LogP contribution < -0.4 is 0 Å². The second-order valence-electron chi connectivity index (χ2n) is 6.43. The molecule has 0 spiro atoms. The molecule has 0 radical (unpaired) electrons. The molecule has 2 aliphatic rings. The van der Waals surface area contributed by atoms with E-state index >= 15 is 0 Å². The van der Waals surface area contributed by atoms with Crippen molar-refractivity contribution in [1.29, 1.82) is 0 Å². The van der Waals surface area contributed by atoms with Gasteiger partial charge in [0.15, 0.2) is 0 Å². The highest BCUT2D eigenvalue weighted by molar-refractivity contribution is 5.96. The molecule has 0 saturated heterocycles. The zero-order valence-corrected chi connectivity index (χ0v) is 13.0. The Morgan fingerprint density at radius 2 is 1.76 bits per heavy atom. The Balaban J connectivity index is 1.82. The molecule has 2 aromatic heterocycles. The Morgan fingerprint density at radius 1 is 1.08 bits per heavy atom. The first-order valence-electron chi connectivity index (χ1n) is 7.94. The number of allylic oxidation sites excluding steroid dienone is 2. The summed E-state index contributed by atoms with van der Waals surface area (Å²) in [4.78, 5) is 14.9. The first kappa shape index (κ1) is 14.0. The Morgan fingerprint density at radius 3 is 2.40 bits per heavy atom. The van der Waals surface area contributed by atoms with Crippen molar-refractivity contribution in [3.8, 4) is 17.4 Å². The summed E-state index contributed by atoms with van der Waals surface area (Å²) < 4.78 is 1.37. The van der Waals surface area contributed by atoms with Crippen LogP contribution in [-0.4, -0.2) is 24.7 Å². The molecule has 3 aromatic rings. The van der Waals surface area contributed by atoms with Crippen molar-refractivity contribution in [2.24, 2.45) is 0 Å². The van der Waals surface area contributed by atoms with Crippen LogP contribution in [0.15, 0.2) is 42.7 Å². The van der Waals surface area contributed by atoms with E-state index in [1.807, 2.05) is 12.2 Å². The topological polar surface area (TPSA) is 101 Å². The van der Waals surface area contributed by atoms with Crippen LogP contribution >= 0.6 is 0 Å². The maximum absolute atomic E-state index is 11.3. The van der Waals surface area contributed by atoms with E-state index < -0.39 is 4.92 Å². The van der Waals surface area contributed by atoms with Gasteiger partial charge in [-0.05, 0) is 18.6 Å². The van der Waals surface area contributed by atoms with Gasteiger partial charge in [-0.2, -0.15) is 0 Å². The highest BCUT2D eigenvalue weighted by atomic mass is 16.6. The largest absolute Gasteiger partial charge is 0.494 e. The molecule has 2 atom stereocenters. The van der Waals surface area contributed by atoms with Gasteiger partial charge in [0, 0.05) is 46.8 Å². The number of aromatic nitrogens is 2. The second kappa shape index (κ2) is 4.60. The van der Waals surface area contributed by atoms with Crippen molar-refractivity contribution in [3.05, 3.63) is 64.0 Å². The number of hydrogen-bond acceptors (Lipinski definition) is 5. The standard InChI is InChI=1S/C18H13N3O4/c22-17-15-9-1-2-10(7-9)16(15)18(23)20(17)13-3-4-14(21(24)25)11-5-6-19-8-12(11)13/h1-6,8-10,22-23H,7H2/t9-,10+. The summed E-state index contributed by atoms with van der Waals surface area (Å²) in [7, 11) is 0. The van der Waals surface area contributed by atoms with Crippen molar-refractivity contribution in [3.63, 3.8) is 0 Å². The Labute approximate surface area is 141 Å². The van der Waals surface area contributed by atoms with Crippen LogP contribution in [0, 0.1) is 10.1 Å². The summed E-state index contributed by atoms with van der Waals surface area (Å²) in [5, 5.41) is 33.7. The van der Waals surface area contributed by atoms with Crippen molar-refractivity contribution in [2.75, 3.05) is 0 Å². The summed E-state index contributed by atoms with van der Waals surface area (Å²) in [6.45, 7) is 0. The molecule has 0 aliphatic heterocycles. The van der Waals surface area contributed by atoms with Crippen LogP contribution in [0.5, 0.6) is 11.8 Å². The Hall–Kier alpha value is -3.35. The van der Waals surface area contributed by atoms with E-state index in [1.54, 1.807) is 6.07 Å². The third-order valence-corrected chi connectivity index (χ3v) is 5.23. The van der Waals surface area contributed by atoms with E-state index in [4.69, 9.17) is 0 Å². The summed E-state index contributed by atoms with van der Waals surface area (Å²) in [6, 6.07) is 4.48. The molecule has 25 heavy (non-hydrogen) atoms. The predicted octanol–water partition coefficient (Wildman–Crippen LogP) is 3.49. The minimum Gasteiger partial charge on any atom is -0.494 e. The number of nitrogens with zero attached hydrogens (tertiary/aromatic N) is 3. The highest BCUT2D eigenvalue weighted by Gasteiger charge is 2.41. The first-order chi connectivity index (χ1) is 12.1.